The van der Waals surface area contributed by atoms with Crippen molar-refractivity contribution >= 4 is 11.6 Å². The number of aromatic hydroxyl groups is 1. The fourth-order valence-corrected chi connectivity index (χ4v) is 2.34. The van der Waals surface area contributed by atoms with E-state index in [1.807, 2.05) is 26.8 Å². The SMILES string of the molecule is Cc1cc(C)c(O)c(NC(=O)C2(C)CCNC2)c1. The molecule has 4 nitrogen and oxygen atoms in total. The summed E-state index contributed by atoms with van der Waals surface area (Å²) < 4.78 is 0. The summed E-state index contributed by atoms with van der Waals surface area (Å²) in [6.07, 6.45) is 0.824. The van der Waals surface area contributed by atoms with Crippen molar-refractivity contribution in [1.82, 2.24) is 5.32 Å². The minimum absolute atomic E-state index is 0.0344. The second-order valence-electron chi connectivity index (χ2n) is 5.42. The molecule has 1 aliphatic rings. The number of anilines is 1. The Hall–Kier alpha value is -1.55. The molecule has 0 radical (unpaired) electrons. The normalized spacial score (nSPS) is 23.1. The summed E-state index contributed by atoms with van der Waals surface area (Å²) in [4.78, 5) is 12.2. The summed E-state index contributed by atoms with van der Waals surface area (Å²) in [5.41, 5.74) is 1.92. The van der Waals surface area contributed by atoms with E-state index in [1.165, 1.54) is 0 Å². The van der Waals surface area contributed by atoms with Gasteiger partial charge < -0.3 is 15.7 Å². The highest BCUT2D eigenvalue weighted by atomic mass is 16.3. The van der Waals surface area contributed by atoms with Gasteiger partial charge in [-0.3, -0.25) is 4.79 Å². The standard InChI is InChI=1S/C14H20N2O2/c1-9-6-10(2)12(17)11(7-9)16-13(18)14(3)4-5-15-8-14/h6-7,15,17H,4-5,8H2,1-3H3,(H,16,18). The van der Waals surface area contributed by atoms with Gasteiger partial charge in [-0.1, -0.05) is 6.07 Å². The van der Waals surface area contributed by atoms with Crippen molar-refractivity contribution in [2.75, 3.05) is 18.4 Å². The number of rotatable bonds is 2. The molecule has 1 saturated heterocycles. The number of carbonyl (C=O) groups is 1. The Morgan fingerprint density at radius 2 is 2.17 bits per heavy atom. The van der Waals surface area contributed by atoms with Crippen molar-refractivity contribution < 1.29 is 9.90 Å². The highest BCUT2D eigenvalue weighted by Crippen LogP contribution is 2.32. The largest absolute Gasteiger partial charge is 0.505 e. The van der Waals surface area contributed by atoms with E-state index in [0.717, 1.165) is 24.1 Å². The summed E-state index contributed by atoms with van der Waals surface area (Å²) >= 11 is 0. The molecule has 0 saturated carbocycles. The molecule has 4 heteroatoms. The van der Waals surface area contributed by atoms with Gasteiger partial charge in [-0.05, 0) is 50.9 Å². The van der Waals surface area contributed by atoms with E-state index in [2.05, 4.69) is 10.6 Å². The van der Waals surface area contributed by atoms with Crippen molar-refractivity contribution in [1.29, 1.82) is 0 Å². The van der Waals surface area contributed by atoms with Gasteiger partial charge in [-0.2, -0.15) is 0 Å². The monoisotopic (exact) mass is 248 g/mol. The lowest BCUT2D eigenvalue weighted by Crippen LogP contribution is -2.35. The molecule has 0 bridgehead atoms. The van der Waals surface area contributed by atoms with Crippen molar-refractivity contribution in [2.45, 2.75) is 27.2 Å². The van der Waals surface area contributed by atoms with E-state index in [4.69, 9.17) is 0 Å². The first-order valence-corrected chi connectivity index (χ1v) is 6.25. The smallest absolute Gasteiger partial charge is 0.231 e. The Balaban J connectivity index is 2.21. The predicted molar refractivity (Wildman–Crippen MR) is 71.8 cm³/mol. The average Bonchev–Trinajstić information content (AvgIpc) is 2.73. The van der Waals surface area contributed by atoms with Gasteiger partial charge in [-0.15, -0.1) is 0 Å². The third kappa shape index (κ3) is 2.34. The molecule has 1 atom stereocenters. The molecule has 2 rings (SSSR count). The molecule has 3 N–H and O–H groups in total. The van der Waals surface area contributed by atoms with E-state index >= 15 is 0 Å². The van der Waals surface area contributed by atoms with E-state index in [1.54, 1.807) is 6.07 Å². The zero-order valence-corrected chi connectivity index (χ0v) is 11.1. The van der Waals surface area contributed by atoms with Crippen molar-refractivity contribution in [3.63, 3.8) is 0 Å². The van der Waals surface area contributed by atoms with Crippen molar-refractivity contribution in [3.05, 3.63) is 23.3 Å². The molecular formula is C14H20N2O2. The Labute approximate surface area is 107 Å². The number of hydrogen-bond donors (Lipinski definition) is 3. The maximum Gasteiger partial charge on any atom is 0.231 e. The maximum absolute atomic E-state index is 12.2. The second-order valence-corrected chi connectivity index (χ2v) is 5.42. The topological polar surface area (TPSA) is 61.4 Å². The van der Waals surface area contributed by atoms with Crippen LogP contribution in [0.4, 0.5) is 5.69 Å². The van der Waals surface area contributed by atoms with Crippen LogP contribution in [0.1, 0.15) is 24.5 Å². The Bertz CT molecular complexity index is 477. The van der Waals surface area contributed by atoms with Gasteiger partial charge in [0, 0.05) is 6.54 Å². The number of aryl methyl sites for hydroxylation is 2. The molecular weight excluding hydrogens is 228 g/mol. The molecule has 1 amide bonds. The lowest BCUT2D eigenvalue weighted by molar-refractivity contribution is -0.123. The molecule has 0 aromatic heterocycles. The number of phenolic OH excluding ortho intramolecular Hbond substituents is 1. The minimum atomic E-state index is -0.385. The van der Waals surface area contributed by atoms with Gasteiger partial charge in [0.25, 0.3) is 0 Å². The fourth-order valence-electron chi connectivity index (χ4n) is 2.34. The van der Waals surface area contributed by atoms with Crippen LogP contribution < -0.4 is 10.6 Å². The van der Waals surface area contributed by atoms with Gasteiger partial charge in [0.15, 0.2) is 0 Å². The molecule has 1 aromatic carbocycles. The highest BCUT2D eigenvalue weighted by molar-refractivity contribution is 5.97. The zero-order valence-electron chi connectivity index (χ0n) is 11.1. The van der Waals surface area contributed by atoms with Gasteiger partial charge >= 0.3 is 0 Å². The number of hydrogen-bond acceptors (Lipinski definition) is 3. The summed E-state index contributed by atoms with van der Waals surface area (Å²) in [5.74, 6) is 0.122. The lowest BCUT2D eigenvalue weighted by Gasteiger charge is -2.22. The summed E-state index contributed by atoms with van der Waals surface area (Å²) in [6, 6.07) is 3.69. The van der Waals surface area contributed by atoms with E-state index in [-0.39, 0.29) is 17.1 Å². The zero-order chi connectivity index (χ0) is 13.3. The highest BCUT2D eigenvalue weighted by Gasteiger charge is 2.36. The summed E-state index contributed by atoms with van der Waals surface area (Å²) in [6.45, 7) is 7.27. The van der Waals surface area contributed by atoms with Crippen molar-refractivity contribution in [3.8, 4) is 5.75 Å². The number of nitrogens with one attached hydrogen (secondary N) is 2. The first-order chi connectivity index (χ1) is 8.42. The van der Waals surface area contributed by atoms with Crippen LogP contribution >= 0.6 is 0 Å². The molecule has 0 aliphatic carbocycles. The van der Waals surface area contributed by atoms with E-state index in [0.29, 0.717) is 12.2 Å². The molecule has 98 valence electrons. The average molecular weight is 248 g/mol. The fraction of sp³-hybridized carbons (Fsp3) is 0.500. The van der Waals surface area contributed by atoms with Crippen LogP contribution in [0, 0.1) is 19.3 Å². The van der Waals surface area contributed by atoms with Crippen LogP contribution in [0.15, 0.2) is 12.1 Å². The van der Waals surface area contributed by atoms with E-state index in [9.17, 15) is 9.90 Å². The van der Waals surface area contributed by atoms with Crippen LogP contribution in [0.3, 0.4) is 0 Å². The first-order valence-electron chi connectivity index (χ1n) is 6.25. The Morgan fingerprint density at radius 1 is 1.44 bits per heavy atom. The number of carbonyl (C=O) groups excluding carboxylic acids is 1. The van der Waals surface area contributed by atoms with Gasteiger partial charge in [-0.25, -0.2) is 0 Å². The van der Waals surface area contributed by atoms with Crippen LogP contribution in [0.5, 0.6) is 5.75 Å². The molecule has 1 aliphatic heterocycles. The second kappa shape index (κ2) is 4.61. The van der Waals surface area contributed by atoms with Gasteiger partial charge in [0.05, 0.1) is 11.1 Å². The van der Waals surface area contributed by atoms with Crippen LogP contribution in [0.2, 0.25) is 0 Å². The van der Waals surface area contributed by atoms with Crippen LogP contribution in [-0.2, 0) is 4.79 Å². The molecule has 1 unspecified atom stereocenters. The molecule has 1 fully saturated rings. The minimum Gasteiger partial charge on any atom is -0.505 e. The Morgan fingerprint density at radius 3 is 2.78 bits per heavy atom. The van der Waals surface area contributed by atoms with Crippen molar-refractivity contribution in [2.24, 2.45) is 5.41 Å². The number of amides is 1. The predicted octanol–water partition coefficient (Wildman–Crippen LogP) is 1.95. The number of benzene rings is 1. The molecule has 0 spiro atoms. The third-order valence-corrected chi connectivity index (χ3v) is 3.61. The molecule has 18 heavy (non-hydrogen) atoms. The van der Waals surface area contributed by atoms with Gasteiger partial charge in [0.2, 0.25) is 5.91 Å². The molecule has 1 heterocycles. The van der Waals surface area contributed by atoms with Gasteiger partial charge in [0.1, 0.15) is 5.75 Å². The summed E-state index contributed by atoms with van der Waals surface area (Å²) in [5, 5.41) is 16.0. The van der Waals surface area contributed by atoms with E-state index < -0.39 is 0 Å². The maximum atomic E-state index is 12.2. The summed E-state index contributed by atoms with van der Waals surface area (Å²) in [7, 11) is 0. The first kappa shape index (κ1) is 12.9. The van der Waals surface area contributed by atoms with Crippen LogP contribution in [0.25, 0.3) is 0 Å². The third-order valence-electron chi connectivity index (χ3n) is 3.61. The van der Waals surface area contributed by atoms with Crippen LogP contribution in [-0.4, -0.2) is 24.1 Å². The Kier molecular flexibility index (Phi) is 3.30. The lowest BCUT2D eigenvalue weighted by atomic mass is 9.88. The number of phenols is 1. The quantitative estimate of drug-likeness (QED) is 0.701. The molecule has 1 aromatic rings.